The first kappa shape index (κ1) is 12.7. The summed E-state index contributed by atoms with van der Waals surface area (Å²) in [5.74, 6) is -1.46. The highest BCUT2D eigenvalue weighted by molar-refractivity contribution is 6.67. The molecule has 0 amide bonds. The van der Waals surface area contributed by atoms with Gasteiger partial charge in [-0.25, -0.2) is 4.39 Å². The van der Waals surface area contributed by atoms with Crippen LogP contribution in [0.1, 0.15) is 42.2 Å². The maximum absolute atomic E-state index is 13.2. The van der Waals surface area contributed by atoms with E-state index in [-0.39, 0.29) is 33.6 Å². The van der Waals surface area contributed by atoms with Crippen molar-refractivity contribution in [2.45, 2.75) is 0 Å². The maximum Gasteiger partial charge on any atom is 0.252 e. The van der Waals surface area contributed by atoms with E-state index < -0.39 is 16.8 Å². The zero-order chi connectivity index (χ0) is 14.4. The number of carbonyl (C=O) groups excluding carboxylic acids is 3. The summed E-state index contributed by atoms with van der Waals surface area (Å²) in [7, 11) is 0. The molecule has 1 aliphatic rings. The van der Waals surface area contributed by atoms with E-state index in [1.54, 1.807) is 0 Å². The van der Waals surface area contributed by atoms with Crippen LogP contribution < -0.4 is 0 Å². The number of hydrogen-bond donors (Lipinski definition) is 0. The second kappa shape index (κ2) is 4.35. The summed E-state index contributed by atoms with van der Waals surface area (Å²) in [6, 6.07) is 7.47. The van der Waals surface area contributed by atoms with Crippen LogP contribution in [-0.2, 0) is 0 Å². The first-order valence-electron chi connectivity index (χ1n) is 5.72. The van der Waals surface area contributed by atoms with Gasteiger partial charge in [0.2, 0.25) is 0 Å². The van der Waals surface area contributed by atoms with E-state index in [0.717, 1.165) is 12.1 Å². The average molecular weight is 289 g/mol. The molecule has 0 saturated heterocycles. The number of carbonyl (C=O) groups is 3. The highest BCUT2D eigenvalue weighted by Gasteiger charge is 2.30. The molecule has 0 aromatic heterocycles. The standard InChI is InChI=1S/C15H6ClFO3/c16-15(20)7-1-3-9-11(5-7)14(19)12-6-8(17)2-4-10(12)13(9)18/h1-6H. The predicted octanol–water partition coefficient (Wildman–Crippen LogP) is 2.98. The first-order valence-corrected chi connectivity index (χ1v) is 6.09. The summed E-state index contributed by atoms with van der Waals surface area (Å²) in [6.07, 6.45) is 0. The van der Waals surface area contributed by atoms with Gasteiger partial charge in [0.1, 0.15) is 5.82 Å². The molecule has 1 aliphatic carbocycles. The Morgan fingerprint density at radius 1 is 0.850 bits per heavy atom. The molecule has 0 spiro atoms. The van der Waals surface area contributed by atoms with E-state index in [2.05, 4.69) is 0 Å². The Bertz CT molecular complexity index is 796. The maximum atomic E-state index is 13.2. The van der Waals surface area contributed by atoms with Crippen molar-refractivity contribution in [3.63, 3.8) is 0 Å². The minimum atomic E-state index is -0.724. The summed E-state index contributed by atoms with van der Waals surface area (Å²) in [5, 5.41) is -0.724. The molecular weight excluding hydrogens is 283 g/mol. The zero-order valence-electron chi connectivity index (χ0n) is 9.94. The lowest BCUT2D eigenvalue weighted by molar-refractivity contribution is 0.0978. The molecule has 0 unspecified atom stereocenters. The summed E-state index contributed by atoms with van der Waals surface area (Å²) in [4.78, 5) is 35.7. The van der Waals surface area contributed by atoms with Crippen LogP contribution in [0.25, 0.3) is 0 Å². The van der Waals surface area contributed by atoms with Gasteiger partial charge in [-0.05, 0) is 48.0 Å². The van der Waals surface area contributed by atoms with Crippen LogP contribution in [-0.4, -0.2) is 16.8 Å². The summed E-state index contributed by atoms with van der Waals surface area (Å²) >= 11 is 5.36. The topological polar surface area (TPSA) is 51.2 Å². The van der Waals surface area contributed by atoms with E-state index in [0.29, 0.717) is 0 Å². The molecule has 20 heavy (non-hydrogen) atoms. The predicted molar refractivity (Wildman–Crippen MR) is 69.9 cm³/mol. The third-order valence-corrected chi connectivity index (χ3v) is 3.42. The fraction of sp³-hybridized carbons (Fsp3) is 0. The molecule has 2 aromatic rings. The molecule has 3 rings (SSSR count). The lowest BCUT2D eigenvalue weighted by atomic mass is 9.83. The minimum Gasteiger partial charge on any atom is -0.289 e. The van der Waals surface area contributed by atoms with Crippen LogP contribution >= 0.6 is 11.6 Å². The summed E-state index contributed by atoms with van der Waals surface area (Å²) in [6.45, 7) is 0. The first-order chi connectivity index (χ1) is 9.49. The number of rotatable bonds is 1. The Morgan fingerprint density at radius 3 is 2.05 bits per heavy atom. The fourth-order valence-corrected chi connectivity index (χ4v) is 2.36. The SMILES string of the molecule is O=C(Cl)c1ccc2c(c1)C(=O)c1cc(F)ccc1C2=O. The third kappa shape index (κ3) is 1.77. The molecule has 0 heterocycles. The summed E-state index contributed by atoms with van der Waals surface area (Å²) in [5.41, 5.74) is 0.539. The molecule has 0 saturated carbocycles. The fourth-order valence-electron chi connectivity index (χ4n) is 2.24. The number of hydrogen-bond acceptors (Lipinski definition) is 3. The van der Waals surface area contributed by atoms with Gasteiger partial charge < -0.3 is 0 Å². The molecule has 2 aromatic carbocycles. The van der Waals surface area contributed by atoms with Gasteiger partial charge in [-0.1, -0.05) is 0 Å². The van der Waals surface area contributed by atoms with Gasteiger partial charge in [0.05, 0.1) is 0 Å². The van der Waals surface area contributed by atoms with Gasteiger partial charge in [0.15, 0.2) is 11.6 Å². The number of ketones is 2. The van der Waals surface area contributed by atoms with E-state index in [1.807, 2.05) is 0 Å². The van der Waals surface area contributed by atoms with Gasteiger partial charge in [-0.3, -0.25) is 14.4 Å². The van der Waals surface area contributed by atoms with Crippen LogP contribution in [0.2, 0.25) is 0 Å². The molecule has 0 N–H and O–H groups in total. The Kier molecular flexibility index (Phi) is 2.76. The highest BCUT2D eigenvalue weighted by Crippen LogP contribution is 2.28. The van der Waals surface area contributed by atoms with E-state index in [9.17, 15) is 18.8 Å². The minimum absolute atomic E-state index is 0.00155. The number of benzene rings is 2. The van der Waals surface area contributed by atoms with Gasteiger partial charge >= 0.3 is 0 Å². The van der Waals surface area contributed by atoms with Crippen LogP contribution in [0, 0.1) is 5.82 Å². The molecule has 0 aliphatic heterocycles. The molecule has 98 valence electrons. The van der Waals surface area contributed by atoms with Crippen molar-refractivity contribution in [3.8, 4) is 0 Å². The Balaban J connectivity index is 2.27. The van der Waals surface area contributed by atoms with Crippen LogP contribution in [0.15, 0.2) is 36.4 Å². The van der Waals surface area contributed by atoms with Crippen molar-refractivity contribution < 1.29 is 18.8 Å². The van der Waals surface area contributed by atoms with Crippen molar-refractivity contribution in [1.29, 1.82) is 0 Å². The third-order valence-electron chi connectivity index (χ3n) is 3.21. The van der Waals surface area contributed by atoms with Crippen molar-refractivity contribution in [1.82, 2.24) is 0 Å². The van der Waals surface area contributed by atoms with Crippen molar-refractivity contribution in [3.05, 3.63) is 70.0 Å². The van der Waals surface area contributed by atoms with E-state index >= 15 is 0 Å². The second-order valence-corrected chi connectivity index (χ2v) is 4.73. The van der Waals surface area contributed by atoms with Gasteiger partial charge in [0, 0.05) is 27.8 Å². The second-order valence-electron chi connectivity index (χ2n) is 4.38. The van der Waals surface area contributed by atoms with Gasteiger partial charge in [0.25, 0.3) is 5.24 Å². The normalized spacial score (nSPS) is 12.9. The Labute approximate surface area is 118 Å². The van der Waals surface area contributed by atoms with Crippen LogP contribution in [0.3, 0.4) is 0 Å². The van der Waals surface area contributed by atoms with E-state index in [1.165, 1.54) is 24.3 Å². The van der Waals surface area contributed by atoms with Crippen LogP contribution in [0.4, 0.5) is 4.39 Å². The monoisotopic (exact) mass is 288 g/mol. The molecule has 0 bridgehead atoms. The van der Waals surface area contributed by atoms with Crippen LogP contribution in [0.5, 0.6) is 0 Å². The molecule has 3 nitrogen and oxygen atoms in total. The Morgan fingerprint density at radius 2 is 1.40 bits per heavy atom. The lowest BCUT2D eigenvalue weighted by Crippen LogP contribution is -2.21. The molecule has 5 heteroatoms. The lowest BCUT2D eigenvalue weighted by Gasteiger charge is -2.17. The molecule has 0 atom stereocenters. The largest absolute Gasteiger partial charge is 0.289 e. The average Bonchev–Trinajstić information content (AvgIpc) is 2.44. The molecular formula is C15H6ClFO3. The molecule has 0 radical (unpaired) electrons. The highest BCUT2D eigenvalue weighted by atomic mass is 35.5. The smallest absolute Gasteiger partial charge is 0.252 e. The van der Waals surface area contributed by atoms with E-state index in [4.69, 9.17) is 11.6 Å². The summed E-state index contributed by atoms with van der Waals surface area (Å²) < 4.78 is 13.2. The number of fused-ring (bicyclic) bond motifs is 2. The zero-order valence-corrected chi connectivity index (χ0v) is 10.7. The van der Waals surface area contributed by atoms with Crippen molar-refractivity contribution >= 4 is 28.4 Å². The quantitative estimate of drug-likeness (QED) is 0.647. The van der Waals surface area contributed by atoms with Crippen molar-refractivity contribution in [2.24, 2.45) is 0 Å². The Hall–Kier alpha value is -2.33. The molecule has 0 fully saturated rings. The van der Waals surface area contributed by atoms with Gasteiger partial charge in [-0.2, -0.15) is 0 Å². The van der Waals surface area contributed by atoms with Crippen molar-refractivity contribution in [2.75, 3.05) is 0 Å². The number of halogens is 2. The van der Waals surface area contributed by atoms with Gasteiger partial charge in [-0.15, -0.1) is 0 Å².